The second-order valence-electron chi connectivity index (χ2n) is 10.5. The third-order valence-electron chi connectivity index (χ3n) is 7.36. The van der Waals surface area contributed by atoms with Gasteiger partial charge >= 0.3 is 5.97 Å². The lowest BCUT2D eigenvalue weighted by molar-refractivity contribution is -0.143. The summed E-state index contributed by atoms with van der Waals surface area (Å²) >= 11 is 0. The zero-order valence-corrected chi connectivity index (χ0v) is 25.0. The molecule has 0 fully saturated rings. The smallest absolute Gasteiger partial charge is 0.305 e. The van der Waals surface area contributed by atoms with Crippen molar-refractivity contribution in [1.82, 2.24) is 4.57 Å². The van der Waals surface area contributed by atoms with Gasteiger partial charge in [-0.05, 0) is 73.7 Å². The molecule has 0 aliphatic heterocycles. The summed E-state index contributed by atoms with van der Waals surface area (Å²) in [4.78, 5) is 24.5. The number of hydrogen-bond donors (Lipinski definition) is 1. The molecule has 0 saturated heterocycles. The number of carbonyl (C=O) groups is 2. The molecule has 1 amide bonds. The Morgan fingerprint density at radius 2 is 1.71 bits per heavy atom. The normalized spacial score (nSPS) is 12.2. The highest BCUT2D eigenvalue weighted by Gasteiger charge is 2.16. The second kappa shape index (κ2) is 15.6. The van der Waals surface area contributed by atoms with Gasteiger partial charge in [-0.3, -0.25) is 9.59 Å². The van der Waals surface area contributed by atoms with E-state index in [2.05, 4.69) is 77.6 Å². The van der Waals surface area contributed by atoms with Gasteiger partial charge in [-0.25, -0.2) is 0 Å². The SMILES string of the molecule is CCCCCC(c1ccccc1)n1ccc2cc(/C(C)=C/C(=O)Nc3ccccc3OCCCC(=O)OCC)ccc21. The summed E-state index contributed by atoms with van der Waals surface area (Å²) in [5.41, 5.74) is 4.98. The Balaban J connectivity index is 1.45. The van der Waals surface area contributed by atoms with Crippen LogP contribution in [-0.4, -0.2) is 29.7 Å². The minimum absolute atomic E-state index is 0.229. The van der Waals surface area contributed by atoms with Crippen LogP contribution < -0.4 is 10.1 Å². The van der Waals surface area contributed by atoms with Crippen LogP contribution in [0.25, 0.3) is 16.5 Å². The predicted molar refractivity (Wildman–Crippen MR) is 171 cm³/mol. The first-order valence-corrected chi connectivity index (χ1v) is 15.0. The monoisotopic (exact) mass is 566 g/mol. The number of nitrogens with zero attached hydrogens (tertiary/aromatic N) is 1. The Morgan fingerprint density at radius 1 is 0.929 bits per heavy atom. The average Bonchev–Trinajstić information content (AvgIpc) is 3.42. The van der Waals surface area contributed by atoms with Gasteiger partial charge in [0.2, 0.25) is 5.91 Å². The van der Waals surface area contributed by atoms with Gasteiger partial charge in [-0.2, -0.15) is 0 Å². The van der Waals surface area contributed by atoms with E-state index in [4.69, 9.17) is 9.47 Å². The second-order valence-corrected chi connectivity index (χ2v) is 10.5. The fourth-order valence-electron chi connectivity index (χ4n) is 5.19. The number of benzene rings is 3. The molecule has 42 heavy (non-hydrogen) atoms. The maximum Gasteiger partial charge on any atom is 0.305 e. The molecule has 220 valence electrons. The molecule has 1 N–H and O–H groups in total. The lowest BCUT2D eigenvalue weighted by atomic mass is 9.99. The van der Waals surface area contributed by atoms with E-state index in [-0.39, 0.29) is 17.9 Å². The molecule has 1 heterocycles. The number of aromatic nitrogens is 1. The lowest BCUT2D eigenvalue weighted by Gasteiger charge is -2.21. The van der Waals surface area contributed by atoms with Gasteiger partial charge in [0.15, 0.2) is 0 Å². The summed E-state index contributed by atoms with van der Waals surface area (Å²) in [5.74, 6) is 0.101. The van der Waals surface area contributed by atoms with Gasteiger partial charge in [0, 0.05) is 29.6 Å². The van der Waals surface area contributed by atoms with Gasteiger partial charge in [-0.15, -0.1) is 0 Å². The molecule has 6 heteroatoms. The van der Waals surface area contributed by atoms with Crippen molar-refractivity contribution in [2.75, 3.05) is 18.5 Å². The van der Waals surface area contributed by atoms with Gasteiger partial charge < -0.3 is 19.4 Å². The fourth-order valence-corrected chi connectivity index (χ4v) is 5.19. The van der Waals surface area contributed by atoms with E-state index in [1.54, 1.807) is 25.1 Å². The number of fused-ring (bicyclic) bond motifs is 1. The molecule has 1 unspecified atom stereocenters. The summed E-state index contributed by atoms with van der Waals surface area (Å²) in [6.07, 6.45) is 9.35. The van der Waals surface area contributed by atoms with E-state index >= 15 is 0 Å². The van der Waals surface area contributed by atoms with Crippen LogP contribution in [0.4, 0.5) is 5.69 Å². The van der Waals surface area contributed by atoms with Crippen molar-refractivity contribution >= 4 is 34.0 Å². The molecular formula is C36H42N2O4. The van der Waals surface area contributed by atoms with Gasteiger partial charge in [0.25, 0.3) is 0 Å². The first-order valence-electron chi connectivity index (χ1n) is 15.0. The van der Waals surface area contributed by atoms with Crippen molar-refractivity contribution in [3.8, 4) is 5.75 Å². The minimum atomic E-state index is -0.235. The molecule has 3 aromatic carbocycles. The van der Waals surface area contributed by atoms with Crippen LogP contribution in [0.3, 0.4) is 0 Å². The highest BCUT2D eigenvalue weighted by Crippen LogP contribution is 2.31. The number of allylic oxidation sites excluding steroid dienone is 1. The summed E-state index contributed by atoms with van der Waals surface area (Å²) in [6.45, 7) is 6.70. The van der Waals surface area contributed by atoms with E-state index in [1.807, 2.05) is 19.1 Å². The van der Waals surface area contributed by atoms with Crippen LogP contribution in [-0.2, 0) is 14.3 Å². The number of hydrogen-bond acceptors (Lipinski definition) is 4. The number of esters is 1. The largest absolute Gasteiger partial charge is 0.491 e. The van der Waals surface area contributed by atoms with Crippen LogP contribution in [0.15, 0.2) is 91.1 Å². The Bertz CT molecular complexity index is 1490. The molecule has 1 atom stereocenters. The number of amides is 1. The maximum absolute atomic E-state index is 13.0. The lowest BCUT2D eigenvalue weighted by Crippen LogP contribution is -2.11. The molecule has 1 aromatic heterocycles. The number of unbranched alkanes of at least 4 members (excludes halogenated alkanes) is 2. The zero-order chi connectivity index (χ0) is 29.7. The van der Waals surface area contributed by atoms with E-state index < -0.39 is 0 Å². The molecule has 0 aliphatic rings. The third-order valence-corrected chi connectivity index (χ3v) is 7.36. The number of para-hydroxylation sites is 2. The van der Waals surface area contributed by atoms with Crippen LogP contribution in [0, 0.1) is 0 Å². The number of rotatable bonds is 15. The first-order chi connectivity index (χ1) is 20.5. The van der Waals surface area contributed by atoms with Crippen molar-refractivity contribution in [3.05, 3.63) is 102 Å². The molecule has 0 saturated carbocycles. The summed E-state index contributed by atoms with van der Waals surface area (Å²) in [6, 6.07) is 26.9. The molecule has 0 aliphatic carbocycles. The van der Waals surface area contributed by atoms with E-state index in [1.165, 1.54) is 30.3 Å². The summed E-state index contributed by atoms with van der Waals surface area (Å²) in [7, 11) is 0. The van der Waals surface area contributed by atoms with E-state index in [0.717, 1.165) is 22.9 Å². The van der Waals surface area contributed by atoms with Gasteiger partial charge in [0.05, 0.1) is 24.9 Å². The molecular weight excluding hydrogens is 524 g/mol. The molecule has 6 nitrogen and oxygen atoms in total. The molecule has 0 radical (unpaired) electrons. The van der Waals surface area contributed by atoms with Gasteiger partial charge in [-0.1, -0.05) is 74.7 Å². The van der Waals surface area contributed by atoms with Crippen molar-refractivity contribution in [1.29, 1.82) is 0 Å². The molecule has 0 bridgehead atoms. The summed E-state index contributed by atoms with van der Waals surface area (Å²) in [5, 5.41) is 4.10. The third kappa shape index (κ3) is 8.35. The van der Waals surface area contributed by atoms with Crippen molar-refractivity contribution in [2.24, 2.45) is 0 Å². The Kier molecular flexibility index (Phi) is 11.4. The predicted octanol–water partition coefficient (Wildman–Crippen LogP) is 8.58. The Morgan fingerprint density at radius 3 is 2.50 bits per heavy atom. The number of ether oxygens (including phenoxy) is 2. The highest BCUT2D eigenvalue weighted by molar-refractivity contribution is 6.04. The van der Waals surface area contributed by atoms with E-state index in [0.29, 0.717) is 37.5 Å². The highest BCUT2D eigenvalue weighted by atomic mass is 16.5. The van der Waals surface area contributed by atoms with Crippen LogP contribution in [0.5, 0.6) is 5.75 Å². The van der Waals surface area contributed by atoms with Crippen molar-refractivity contribution < 1.29 is 19.1 Å². The number of nitrogens with one attached hydrogen (secondary N) is 1. The van der Waals surface area contributed by atoms with Gasteiger partial charge in [0.1, 0.15) is 5.75 Å². The fraction of sp³-hybridized carbons (Fsp3) is 0.333. The summed E-state index contributed by atoms with van der Waals surface area (Å²) < 4.78 is 13.2. The molecule has 4 rings (SSSR count). The zero-order valence-electron chi connectivity index (χ0n) is 25.0. The topological polar surface area (TPSA) is 69.6 Å². The quantitative estimate of drug-likeness (QED) is 0.0889. The standard InChI is InChI=1S/C36H42N2O4/c1-4-6-8-17-32(28-14-9-7-10-15-28)38-23-22-30-26-29(20-21-33(30)38)27(3)25-35(39)37-31-16-11-12-18-34(31)42-24-13-19-36(40)41-5-2/h7,9-12,14-16,18,20-23,25-26,32H,4-6,8,13,17,19,24H2,1-3H3,(H,37,39)/b27-25+. The molecule has 4 aromatic rings. The van der Waals surface area contributed by atoms with Crippen molar-refractivity contribution in [2.45, 2.75) is 65.3 Å². The molecule has 0 spiro atoms. The average molecular weight is 567 g/mol. The van der Waals surface area contributed by atoms with Crippen molar-refractivity contribution in [3.63, 3.8) is 0 Å². The maximum atomic E-state index is 13.0. The first kappa shape index (κ1) is 30.6. The Labute approximate surface area is 249 Å². The number of anilines is 1. The van der Waals surface area contributed by atoms with E-state index in [9.17, 15) is 9.59 Å². The Hall–Kier alpha value is -4.32. The van der Waals surface area contributed by atoms with Crippen LogP contribution >= 0.6 is 0 Å². The van der Waals surface area contributed by atoms with Crippen LogP contribution in [0.2, 0.25) is 0 Å². The van der Waals surface area contributed by atoms with Crippen LogP contribution in [0.1, 0.15) is 76.5 Å². The number of carbonyl (C=O) groups excluding carboxylic acids is 2. The minimum Gasteiger partial charge on any atom is -0.491 e.